The van der Waals surface area contributed by atoms with Gasteiger partial charge in [-0.25, -0.2) is 23.5 Å². The lowest BCUT2D eigenvalue weighted by atomic mass is 9.44. The van der Waals surface area contributed by atoms with Crippen molar-refractivity contribution >= 4 is 58.3 Å². The maximum absolute atomic E-state index is 15.8. The summed E-state index contributed by atoms with van der Waals surface area (Å²) in [5.74, 6) is -2.52. The number of hydrogen-bond donors (Lipinski definition) is 5. The van der Waals surface area contributed by atoms with E-state index in [1.807, 2.05) is 83.4 Å². The van der Waals surface area contributed by atoms with E-state index in [0.717, 1.165) is 16.7 Å². The lowest BCUT2D eigenvalue weighted by Gasteiger charge is -2.67. The van der Waals surface area contributed by atoms with Crippen LogP contribution in [0.15, 0.2) is 65.3 Å². The molecule has 1 spiro atoms. The molecule has 22 heteroatoms. The van der Waals surface area contributed by atoms with Crippen molar-refractivity contribution in [3.8, 4) is 17.2 Å². The van der Waals surface area contributed by atoms with Crippen molar-refractivity contribution in [3.05, 3.63) is 82.0 Å². The van der Waals surface area contributed by atoms with Crippen molar-refractivity contribution < 1.29 is 75.0 Å². The van der Waals surface area contributed by atoms with Crippen LogP contribution in [0, 0.1) is 17.8 Å². The number of carbonyl (C=O) groups excluding carboxylic acids is 2. The van der Waals surface area contributed by atoms with E-state index in [4.69, 9.17) is 28.5 Å². The summed E-state index contributed by atoms with van der Waals surface area (Å²) in [6, 6.07) is 5.80. The fraction of sp³-hybridized carbons (Fsp3) is 0.500. The predicted molar refractivity (Wildman–Crippen MR) is 248 cm³/mol. The molecule has 4 fully saturated rings. The van der Waals surface area contributed by atoms with E-state index < -0.39 is 81.7 Å². The maximum atomic E-state index is 15.8. The number of nitrogens with zero attached hydrogens (tertiary/aromatic N) is 2. The predicted octanol–water partition coefficient (Wildman–Crippen LogP) is 8.89. The number of ether oxygens (including phenoxy) is 4. The van der Waals surface area contributed by atoms with Crippen molar-refractivity contribution in [2.24, 2.45) is 17.8 Å². The monoisotopic (exact) mass is 999 g/mol. The molecule has 68 heavy (non-hydrogen) atoms. The standard InChI is InChI=1S/C46H56N3O16P3/c1-24(2)13-12-20-44(8)21-19-28-37(60-44)27(17-16-25(3)4)38-33(39(28)62-67(55,56)65-68(57,58)64-66(52,53)54)35-34-36(49-31-15-11-10-14-30(31)47-42(49)48-35)29-23-32-43(6,7)63-45(40(29)50,46(32,34)61-38)22-18-26(5)41(51)59-9/h10-11,13-16,18-19,21,29,32,34-36H,12,17,20,22-23H2,1-9H3,(H,47,48)(H,55,56)(H,57,58)(H2,52,53,54)/b26-18-. The Kier molecular flexibility index (Phi) is 11.7. The highest BCUT2D eigenvalue weighted by Gasteiger charge is 2.86. The Labute approximate surface area is 393 Å². The van der Waals surface area contributed by atoms with Gasteiger partial charge in [-0.3, -0.25) is 9.69 Å². The summed E-state index contributed by atoms with van der Waals surface area (Å²) in [6.45, 7) is 15.1. The molecule has 0 amide bonds. The summed E-state index contributed by atoms with van der Waals surface area (Å²) in [5, 5.41) is 3.64. The van der Waals surface area contributed by atoms with E-state index in [9.17, 15) is 38.1 Å². The smallest absolute Gasteiger partial charge is 0.482 e. The Hall–Kier alpha value is -4.38. The molecule has 10 rings (SSSR count). The van der Waals surface area contributed by atoms with Crippen LogP contribution in [0.3, 0.4) is 0 Å². The average molecular weight is 1000 g/mol. The van der Waals surface area contributed by atoms with Crippen LogP contribution in [0.1, 0.15) is 110 Å². The number of anilines is 1. The van der Waals surface area contributed by atoms with E-state index in [2.05, 4.69) is 20.0 Å². The van der Waals surface area contributed by atoms with Gasteiger partial charge in [0.05, 0.1) is 47.0 Å². The quantitative estimate of drug-likeness (QED) is 0.0437. The number of methoxy groups -OCH3 is 1. The first-order valence-electron chi connectivity index (χ1n) is 22.3. The molecule has 7 aliphatic rings. The molecular formula is C46H56N3O16P3. The second-order valence-corrected chi connectivity index (χ2v) is 24.1. The second kappa shape index (κ2) is 16.3. The molecule has 3 aliphatic carbocycles. The van der Waals surface area contributed by atoms with Gasteiger partial charge >= 0.3 is 29.4 Å². The number of hydrogen-bond acceptors (Lipinski definition) is 14. The summed E-state index contributed by atoms with van der Waals surface area (Å²) in [7, 11) is -16.4. The zero-order valence-corrected chi connectivity index (χ0v) is 41.7. The second-order valence-electron chi connectivity index (χ2n) is 19.7. The van der Waals surface area contributed by atoms with Gasteiger partial charge < -0.3 is 48.0 Å². The first kappa shape index (κ1) is 48.6. The highest BCUT2D eigenvalue weighted by molar-refractivity contribution is 7.66. The van der Waals surface area contributed by atoms with E-state index in [0.29, 0.717) is 36.3 Å². The fourth-order valence-electron chi connectivity index (χ4n) is 11.8. The molecule has 19 nitrogen and oxygen atoms in total. The number of imidazole rings is 1. The number of phosphoric ester groups is 1. The SMILES string of the molecule is COC(=O)/C(C)=C\CC12OC(C)(C)C3CC(C1=O)C1C4C(Nc5nc6ccccc6n51)c1c(OP(=O)(O)OP(=O)(O)OP(=O)(O)O)c5c(c(CC=C(C)C)c1OC432)OC(C)(CCC=C(C)C)C=C5. The number of nitrogens with one attached hydrogen (secondary N) is 1. The molecule has 2 aromatic carbocycles. The Bertz CT molecular complexity index is 2950. The van der Waals surface area contributed by atoms with Crippen molar-refractivity contribution in [1.82, 2.24) is 9.55 Å². The summed E-state index contributed by atoms with van der Waals surface area (Å²) in [6.07, 6.45) is 10.6. The molecule has 366 valence electrons. The molecule has 5 heterocycles. The Balaban J connectivity index is 1.37. The molecule has 0 radical (unpaired) electrons. The van der Waals surface area contributed by atoms with Crippen LogP contribution in [-0.4, -0.2) is 70.4 Å². The highest BCUT2D eigenvalue weighted by Crippen LogP contribution is 2.77. The molecule has 3 saturated carbocycles. The normalized spacial score (nSPS) is 30.8. The number of aromatic nitrogens is 2. The number of phosphoric acid groups is 3. The maximum Gasteiger partial charge on any atom is 0.536 e. The number of esters is 1. The topological polar surface area (TPSA) is 261 Å². The molecule has 4 aliphatic heterocycles. The minimum absolute atomic E-state index is 0.0870. The third-order valence-electron chi connectivity index (χ3n) is 14.2. The molecule has 10 unspecified atom stereocenters. The number of ketones is 1. The van der Waals surface area contributed by atoms with Gasteiger partial charge in [-0.15, -0.1) is 0 Å². The Morgan fingerprint density at radius 3 is 2.34 bits per heavy atom. The third kappa shape index (κ3) is 7.78. The van der Waals surface area contributed by atoms with Crippen LogP contribution < -0.4 is 19.3 Å². The highest BCUT2D eigenvalue weighted by atomic mass is 31.3. The third-order valence-corrected chi connectivity index (χ3v) is 18.0. The van der Waals surface area contributed by atoms with E-state index in [1.165, 1.54) is 7.11 Å². The van der Waals surface area contributed by atoms with E-state index >= 15 is 4.79 Å². The van der Waals surface area contributed by atoms with Crippen LogP contribution in [0.5, 0.6) is 17.2 Å². The number of allylic oxidation sites excluding steroid dienone is 4. The molecule has 4 bridgehead atoms. The lowest BCUT2D eigenvalue weighted by molar-refractivity contribution is -0.222. The summed E-state index contributed by atoms with van der Waals surface area (Å²) >= 11 is 0. The molecule has 1 aromatic heterocycles. The zero-order valence-electron chi connectivity index (χ0n) is 39.0. The fourth-order valence-corrected chi connectivity index (χ4v) is 14.8. The molecule has 3 aromatic rings. The number of para-hydroxylation sites is 2. The van der Waals surface area contributed by atoms with Gasteiger partial charge in [-0.2, -0.15) is 8.62 Å². The molecule has 1 saturated heterocycles. The first-order chi connectivity index (χ1) is 31.7. The first-order valence-corrected chi connectivity index (χ1v) is 26.8. The number of rotatable bonds is 14. The number of carbonyl (C=O) groups is 2. The largest absolute Gasteiger partial charge is 0.536 e. The van der Waals surface area contributed by atoms with Crippen molar-refractivity contribution in [3.63, 3.8) is 0 Å². The number of fused-ring (bicyclic) bond motifs is 6. The van der Waals surface area contributed by atoms with Gasteiger partial charge in [0, 0.05) is 35.3 Å². The minimum atomic E-state index is -6.00. The van der Waals surface area contributed by atoms with Crippen LogP contribution in [0.25, 0.3) is 17.1 Å². The van der Waals surface area contributed by atoms with Crippen LogP contribution in [0.4, 0.5) is 5.95 Å². The molecule has 5 N–H and O–H groups in total. The van der Waals surface area contributed by atoms with Gasteiger partial charge in [0.25, 0.3) is 0 Å². The molecule has 10 atom stereocenters. The van der Waals surface area contributed by atoms with Gasteiger partial charge in [-0.1, -0.05) is 41.5 Å². The summed E-state index contributed by atoms with van der Waals surface area (Å²) < 4.78 is 82.2. The Morgan fingerprint density at radius 1 is 0.956 bits per heavy atom. The van der Waals surface area contributed by atoms with Crippen molar-refractivity contribution in [2.75, 3.05) is 12.4 Å². The van der Waals surface area contributed by atoms with Gasteiger partial charge in [0.2, 0.25) is 5.95 Å². The van der Waals surface area contributed by atoms with Crippen LogP contribution >= 0.6 is 23.5 Å². The number of Topliss-reactive ketones (excluding diaryl/α,β-unsaturated/α-hetero) is 1. The average Bonchev–Trinajstić information content (AvgIpc) is 3.66. The summed E-state index contributed by atoms with van der Waals surface area (Å²) in [5.41, 5.74) is -0.878. The van der Waals surface area contributed by atoms with E-state index in [-0.39, 0.29) is 52.6 Å². The van der Waals surface area contributed by atoms with Crippen LogP contribution in [0.2, 0.25) is 0 Å². The number of benzene rings is 2. The van der Waals surface area contributed by atoms with E-state index in [1.54, 1.807) is 25.2 Å². The van der Waals surface area contributed by atoms with Gasteiger partial charge in [-0.05, 0) is 105 Å². The van der Waals surface area contributed by atoms with Crippen molar-refractivity contribution in [2.45, 2.75) is 122 Å². The minimum Gasteiger partial charge on any atom is -0.482 e. The lowest BCUT2D eigenvalue weighted by Crippen LogP contribution is -2.79. The summed E-state index contributed by atoms with van der Waals surface area (Å²) in [4.78, 5) is 74.3. The van der Waals surface area contributed by atoms with Crippen molar-refractivity contribution in [1.29, 1.82) is 0 Å². The van der Waals surface area contributed by atoms with Crippen LogP contribution in [-0.2, 0) is 47.8 Å². The zero-order chi connectivity index (χ0) is 49.3. The van der Waals surface area contributed by atoms with Gasteiger partial charge in [0.1, 0.15) is 17.1 Å². The molecular weight excluding hydrogens is 943 g/mol. The van der Waals surface area contributed by atoms with Gasteiger partial charge in [0.15, 0.2) is 22.7 Å². The Morgan fingerprint density at radius 2 is 1.66 bits per heavy atom.